The number of pyridine rings is 1. The molecule has 0 saturated heterocycles. The number of fused-ring (bicyclic) bond motifs is 3. The highest BCUT2D eigenvalue weighted by molar-refractivity contribution is 7.52. The molecule has 0 saturated carbocycles. The fourth-order valence-electron chi connectivity index (χ4n) is 5.10. The first-order chi connectivity index (χ1) is 21.4. The van der Waals surface area contributed by atoms with Gasteiger partial charge in [-0.05, 0) is 71.4 Å². The van der Waals surface area contributed by atoms with Crippen LogP contribution in [0.3, 0.4) is 0 Å². The van der Waals surface area contributed by atoms with Crippen LogP contribution in [-0.4, -0.2) is 45.9 Å². The van der Waals surface area contributed by atoms with Crippen molar-refractivity contribution in [3.05, 3.63) is 59.4 Å². The van der Waals surface area contributed by atoms with Crippen molar-refractivity contribution in [2.45, 2.75) is 85.1 Å². The van der Waals surface area contributed by atoms with E-state index in [0.717, 1.165) is 29.3 Å². The third-order valence-electron chi connectivity index (χ3n) is 7.28. The van der Waals surface area contributed by atoms with E-state index in [-0.39, 0.29) is 25.1 Å². The largest absolute Gasteiger partial charge is 0.462 e. The number of para-hydroxylation sites is 1. The monoisotopic (exact) mass is 659 g/mol. The summed E-state index contributed by atoms with van der Waals surface area (Å²) >= 11 is 6.07. The van der Waals surface area contributed by atoms with Gasteiger partial charge in [0.05, 0.1) is 29.3 Å². The summed E-state index contributed by atoms with van der Waals surface area (Å²) in [6.45, 7) is 11.7. The molecule has 3 N–H and O–H groups in total. The van der Waals surface area contributed by atoms with Crippen LogP contribution in [-0.2, 0) is 35.5 Å². The van der Waals surface area contributed by atoms with Gasteiger partial charge in [-0.3, -0.25) is 9.32 Å². The van der Waals surface area contributed by atoms with E-state index in [2.05, 4.69) is 21.6 Å². The zero-order valence-corrected chi connectivity index (χ0v) is 28.4. The number of nitrogens with zero attached hydrogens (tertiary/aromatic N) is 3. The predicted octanol–water partition coefficient (Wildman–Crippen LogP) is 7.40. The summed E-state index contributed by atoms with van der Waals surface area (Å²) in [5, 5.41) is 4.14. The van der Waals surface area contributed by atoms with Gasteiger partial charge in [0.25, 0.3) is 0 Å². The third-order valence-corrected chi connectivity index (χ3v) is 9.15. The van der Waals surface area contributed by atoms with Crippen LogP contribution in [0.2, 0.25) is 5.02 Å². The minimum Gasteiger partial charge on any atom is -0.462 e. The lowest BCUT2D eigenvalue weighted by atomic mass is 9.94. The number of nitrogen functional groups attached to an aromatic ring is 1. The molecule has 2 aromatic carbocycles. The van der Waals surface area contributed by atoms with E-state index in [1.807, 2.05) is 38.1 Å². The molecule has 0 aliphatic rings. The van der Waals surface area contributed by atoms with Crippen molar-refractivity contribution in [2.24, 2.45) is 0 Å². The summed E-state index contributed by atoms with van der Waals surface area (Å²) in [7, 11) is -4.19. The maximum atomic E-state index is 14.5. The van der Waals surface area contributed by atoms with Crippen molar-refractivity contribution < 1.29 is 27.9 Å². The average Bonchev–Trinajstić information content (AvgIpc) is 3.40. The van der Waals surface area contributed by atoms with Gasteiger partial charge in [-0.1, -0.05) is 49.6 Å². The maximum absolute atomic E-state index is 14.5. The van der Waals surface area contributed by atoms with Crippen molar-refractivity contribution >= 4 is 53.1 Å². The Hall–Kier alpha value is -3.21. The molecule has 0 spiro atoms. The number of benzene rings is 2. The molecule has 4 rings (SSSR count). The lowest BCUT2D eigenvalue weighted by Crippen LogP contribution is -2.40. The molecule has 244 valence electrons. The van der Waals surface area contributed by atoms with Crippen LogP contribution >= 0.6 is 19.3 Å². The Morgan fingerprint density at radius 2 is 1.82 bits per heavy atom. The number of esters is 1. The molecule has 11 nitrogen and oxygen atoms in total. The fraction of sp³-hybridized carbons (Fsp3) is 0.469. The number of carbonyl (C=O) groups excluding carboxylic acids is 1. The molecule has 0 amide bonds. The maximum Gasteiger partial charge on any atom is 0.459 e. The number of ether oxygens (including phenoxy) is 2. The summed E-state index contributed by atoms with van der Waals surface area (Å²) in [5.74, 6) is 0.602. The van der Waals surface area contributed by atoms with Gasteiger partial charge in [-0.2, -0.15) is 5.09 Å². The smallest absolute Gasteiger partial charge is 0.459 e. The number of hydrogen-bond donors (Lipinski definition) is 2. The molecule has 0 bridgehead atoms. The van der Waals surface area contributed by atoms with Gasteiger partial charge in [0.15, 0.2) is 5.82 Å². The highest BCUT2D eigenvalue weighted by atomic mass is 35.5. The highest BCUT2D eigenvalue weighted by Gasteiger charge is 2.39. The van der Waals surface area contributed by atoms with Crippen LogP contribution in [0.4, 0.5) is 5.82 Å². The van der Waals surface area contributed by atoms with Crippen LogP contribution in [0.1, 0.15) is 66.6 Å². The lowest BCUT2D eigenvalue weighted by Gasteiger charge is -2.35. The second-order valence-corrected chi connectivity index (χ2v) is 13.6. The molecule has 2 aromatic heterocycles. The molecule has 0 radical (unpaired) electrons. The molecule has 2 heterocycles. The Balaban J connectivity index is 1.81. The summed E-state index contributed by atoms with van der Waals surface area (Å²) < 4.78 is 40.0. The van der Waals surface area contributed by atoms with Crippen LogP contribution in [0, 0.1) is 0 Å². The Morgan fingerprint density at radius 1 is 1.11 bits per heavy atom. The Bertz CT molecular complexity index is 1660. The van der Waals surface area contributed by atoms with E-state index in [1.54, 1.807) is 45.0 Å². The lowest BCUT2D eigenvalue weighted by molar-refractivity contribution is -0.149. The van der Waals surface area contributed by atoms with Crippen molar-refractivity contribution in [1.82, 2.24) is 19.6 Å². The second kappa shape index (κ2) is 14.9. The zero-order chi connectivity index (χ0) is 32.8. The van der Waals surface area contributed by atoms with E-state index in [0.29, 0.717) is 35.2 Å². The van der Waals surface area contributed by atoms with Gasteiger partial charge in [0.1, 0.15) is 29.7 Å². The quantitative estimate of drug-likeness (QED) is 0.0924. The first-order valence-electron chi connectivity index (χ1n) is 15.2. The van der Waals surface area contributed by atoms with Crippen molar-refractivity contribution in [3.63, 3.8) is 0 Å². The van der Waals surface area contributed by atoms with Crippen LogP contribution < -0.4 is 15.3 Å². The minimum atomic E-state index is -4.19. The van der Waals surface area contributed by atoms with E-state index in [4.69, 9.17) is 40.8 Å². The van der Waals surface area contributed by atoms with Crippen molar-refractivity contribution in [3.8, 4) is 5.75 Å². The predicted molar refractivity (Wildman–Crippen MR) is 177 cm³/mol. The topological polar surface area (TPSA) is 140 Å². The molecule has 4 aromatic rings. The first kappa shape index (κ1) is 34.7. The van der Waals surface area contributed by atoms with Gasteiger partial charge in [0, 0.05) is 17.0 Å². The molecule has 2 unspecified atom stereocenters. The summed E-state index contributed by atoms with van der Waals surface area (Å²) in [5.41, 5.74) is 7.69. The molecule has 0 fully saturated rings. The van der Waals surface area contributed by atoms with E-state index in [9.17, 15) is 9.36 Å². The standard InChI is InChI=1S/C32H43ClN5O6P/c1-7-9-18-32(6,38-27(19-41-8-2)36-28-29(38)25-12-10-11-13-26(25)35-30(28)34)20-42-45(40,37-22(5)31(39)43-21(3)4)44-24-16-14-23(33)15-17-24/h10-17,21-22H,7-9,18-20H2,1-6H3,(H2,34,35)(H,37,40)/t22-,32?,45?/m0/s1. The second-order valence-electron chi connectivity index (χ2n) is 11.5. The fourth-order valence-corrected chi connectivity index (χ4v) is 6.83. The number of imidazole rings is 1. The Labute approximate surface area is 269 Å². The minimum absolute atomic E-state index is 0.0715. The number of rotatable bonds is 16. The molecule has 0 aliphatic heterocycles. The van der Waals surface area contributed by atoms with E-state index >= 15 is 0 Å². The van der Waals surface area contributed by atoms with Gasteiger partial charge in [0.2, 0.25) is 0 Å². The summed E-state index contributed by atoms with van der Waals surface area (Å²) in [6.07, 6.45) is 2.02. The van der Waals surface area contributed by atoms with Gasteiger partial charge in [-0.25, -0.2) is 14.5 Å². The molecule has 3 atom stereocenters. The van der Waals surface area contributed by atoms with Crippen molar-refractivity contribution in [2.75, 3.05) is 18.9 Å². The van der Waals surface area contributed by atoms with Crippen molar-refractivity contribution in [1.29, 1.82) is 0 Å². The molecule has 0 aliphatic carbocycles. The SMILES string of the molecule is CCCCC(C)(COP(=O)(N[C@@H](C)C(=O)OC(C)C)Oc1ccc(Cl)cc1)n1c(COCC)nc2c(N)nc3ccccc3c21. The molecule has 45 heavy (non-hydrogen) atoms. The van der Waals surface area contributed by atoms with Crippen LogP contribution in [0.15, 0.2) is 48.5 Å². The third kappa shape index (κ3) is 8.34. The number of nitrogens with two attached hydrogens (primary N) is 1. The van der Waals surface area contributed by atoms with Gasteiger partial charge < -0.3 is 24.3 Å². The normalized spacial score (nSPS) is 15.2. The van der Waals surface area contributed by atoms with E-state index in [1.165, 1.54) is 0 Å². The number of halogens is 1. The summed E-state index contributed by atoms with van der Waals surface area (Å²) in [4.78, 5) is 22.2. The number of carbonyl (C=O) groups is 1. The first-order valence-corrected chi connectivity index (χ1v) is 17.1. The average molecular weight is 660 g/mol. The Morgan fingerprint density at radius 3 is 2.49 bits per heavy atom. The van der Waals surface area contributed by atoms with Gasteiger partial charge >= 0.3 is 13.7 Å². The Kier molecular flexibility index (Phi) is 11.5. The molecule has 13 heteroatoms. The van der Waals surface area contributed by atoms with Crippen LogP contribution in [0.25, 0.3) is 21.9 Å². The van der Waals surface area contributed by atoms with Crippen LogP contribution in [0.5, 0.6) is 5.75 Å². The highest BCUT2D eigenvalue weighted by Crippen LogP contribution is 2.47. The summed E-state index contributed by atoms with van der Waals surface area (Å²) in [6, 6.07) is 13.1. The number of anilines is 1. The molecular weight excluding hydrogens is 617 g/mol. The number of nitrogens with one attached hydrogen (secondary N) is 1. The number of aromatic nitrogens is 3. The molecular formula is C32H43ClN5O6P. The zero-order valence-electron chi connectivity index (χ0n) is 26.7. The number of unbranched alkanes of at least 4 members (excludes halogenated alkanes) is 1. The number of hydrogen-bond acceptors (Lipinski definition) is 9. The van der Waals surface area contributed by atoms with E-state index < -0.39 is 25.3 Å². The van der Waals surface area contributed by atoms with Gasteiger partial charge in [-0.15, -0.1) is 0 Å².